The van der Waals surface area contributed by atoms with E-state index in [1.54, 1.807) is 24.1 Å². The number of piperidine rings is 1. The van der Waals surface area contributed by atoms with Crippen LogP contribution in [0.1, 0.15) is 34.3 Å². The maximum absolute atomic E-state index is 13.0. The Balaban J connectivity index is 1.40. The van der Waals surface area contributed by atoms with Crippen molar-refractivity contribution in [3.8, 4) is 5.75 Å². The van der Waals surface area contributed by atoms with Crippen LogP contribution in [0.3, 0.4) is 0 Å². The Morgan fingerprint density at radius 2 is 1.46 bits per heavy atom. The number of hydrogen-bond acceptors (Lipinski definition) is 4. The maximum atomic E-state index is 13.0. The highest BCUT2D eigenvalue weighted by atomic mass is 16.6. The van der Waals surface area contributed by atoms with Crippen LogP contribution in [-0.2, 0) is 17.8 Å². The van der Waals surface area contributed by atoms with E-state index in [-0.39, 0.29) is 24.0 Å². The molecule has 6 heteroatoms. The lowest BCUT2D eigenvalue weighted by Gasteiger charge is -2.41. The lowest BCUT2D eigenvalue weighted by Crippen LogP contribution is -2.49. The van der Waals surface area contributed by atoms with Gasteiger partial charge in [0.15, 0.2) is 0 Å². The van der Waals surface area contributed by atoms with Crippen LogP contribution in [0.4, 0.5) is 4.79 Å². The third-order valence-corrected chi connectivity index (χ3v) is 6.68. The number of carbonyl (C=O) groups excluding carboxylic acids is 2. The van der Waals surface area contributed by atoms with Crippen molar-refractivity contribution < 1.29 is 19.1 Å². The highest BCUT2D eigenvalue weighted by Gasteiger charge is 2.37. The number of carbonyl (C=O) groups is 2. The van der Waals surface area contributed by atoms with Gasteiger partial charge in [-0.1, -0.05) is 72.8 Å². The zero-order valence-corrected chi connectivity index (χ0v) is 20.1. The van der Waals surface area contributed by atoms with E-state index in [4.69, 9.17) is 9.47 Å². The van der Waals surface area contributed by atoms with Crippen LogP contribution in [0.15, 0.2) is 84.9 Å². The minimum atomic E-state index is -0.291. The summed E-state index contributed by atoms with van der Waals surface area (Å²) in [5.74, 6) is 0.401. The summed E-state index contributed by atoms with van der Waals surface area (Å²) in [6, 6.07) is 27.2. The molecule has 182 valence electrons. The Kier molecular flexibility index (Phi) is 8.03. The summed E-state index contributed by atoms with van der Waals surface area (Å²) < 4.78 is 10.9. The van der Waals surface area contributed by atoms with Gasteiger partial charge in [0.25, 0.3) is 5.91 Å². The molecule has 0 aromatic heterocycles. The topological polar surface area (TPSA) is 67.9 Å². The molecule has 0 bridgehead atoms. The van der Waals surface area contributed by atoms with Gasteiger partial charge in [-0.3, -0.25) is 4.79 Å². The number of amides is 2. The largest absolute Gasteiger partial charge is 0.496 e. The molecule has 0 aliphatic carbocycles. The minimum absolute atomic E-state index is 0.153. The van der Waals surface area contributed by atoms with Crippen molar-refractivity contribution in [1.29, 1.82) is 0 Å². The molecule has 0 radical (unpaired) electrons. The molecule has 2 amide bonds. The van der Waals surface area contributed by atoms with E-state index in [1.165, 1.54) is 5.56 Å². The molecule has 1 saturated heterocycles. The summed E-state index contributed by atoms with van der Waals surface area (Å²) >= 11 is 0. The lowest BCUT2D eigenvalue weighted by molar-refractivity contribution is 0.0585. The first-order chi connectivity index (χ1) is 17.1. The second kappa shape index (κ2) is 11.6. The zero-order valence-electron chi connectivity index (χ0n) is 20.1. The summed E-state index contributed by atoms with van der Waals surface area (Å²) in [6.45, 7) is 1.96. The van der Waals surface area contributed by atoms with Crippen molar-refractivity contribution in [2.24, 2.45) is 5.41 Å². The quantitative estimate of drug-likeness (QED) is 0.496. The van der Waals surface area contributed by atoms with Gasteiger partial charge in [0, 0.05) is 19.6 Å². The Morgan fingerprint density at radius 3 is 2.11 bits per heavy atom. The molecule has 1 fully saturated rings. The van der Waals surface area contributed by atoms with Crippen LogP contribution in [0.2, 0.25) is 0 Å². The molecule has 3 aromatic rings. The molecule has 4 rings (SSSR count). The van der Waals surface area contributed by atoms with Crippen molar-refractivity contribution in [1.82, 2.24) is 10.2 Å². The number of benzene rings is 3. The van der Waals surface area contributed by atoms with E-state index >= 15 is 0 Å². The van der Waals surface area contributed by atoms with Gasteiger partial charge in [-0.15, -0.1) is 0 Å². The first-order valence-corrected chi connectivity index (χ1v) is 12.0. The van der Waals surface area contributed by atoms with Gasteiger partial charge in [-0.25, -0.2) is 4.79 Å². The first kappa shape index (κ1) is 24.3. The number of nitrogens with one attached hydrogen (secondary N) is 1. The number of rotatable bonds is 8. The fraction of sp³-hybridized carbons (Fsp3) is 0.310. The van der Waals surface area contributed by atoms with E-state index in [9.17, 15) is 9.59 Å². The van der Waals surface area contributed by atoms with E-state index in [0.717, 1.165) is 24.8 Å². The predicted molar refractivity (Wildman–Crippen MR) is 135 cm³/mol. The van der Waals surface area contributed by atoms with Gasteiger partial charge in [-0.2, -0.15) is 0 Å². The second-order valence-electron chi connectivity index (χ2n) is 9.07. The Morgan fingerprint density at radius 1 is 0.857 bits per heavy atom. The molecular weight excluding hydrogens is 440 g/mol. The fourth-order valence-corrected chi connectivity index (χ4v) is 4.61. The molecule has 35 heavy (non-hydrogen) atoms. The molecule has 0 saturated carbocycles. The van der Waals surface area contributed by atoms with Crippen molar-refractivity contribution in [3.63, 3.8) is 0 Å². The van der Waals surface area contributed by atoms with E-state index in [2.05, 4.69) is 17.4 Å². The average Bonchev–Trinajstić information content (AvgIpc) is 2.92. The third-order valence-electron chi connectivity index (χ3n) is 6.68. The Bertz CT molecular complexity index is 1110. The Labute approximate surface area is 206 Å². The minimum Gasteiger partial charge on any atom is -0.496 e. The number of hydrogen-bond donors (Lipinski definition) is 1. The van der Waals surface area contributed by atoms with Gasteiger partial charge < -0.3 is 19.7 Å². The van der Waals surface area contributed by atoms with Crippen molar-refractivity contribution in [2.45, 2.75) is 25.9 Å². The van der Waals surface area contributed by atoms with Crippen LogP contribution >= 0.6 is 0 Å². The normalized spacial score (nSPS) is 14.7. The van der Waals surface area contributed by atoms with Crippen molar-refractivity contribution >= 4 is 12.0 Å². The van der Waals surface area contributed by atoms with Gasteiger partial charge in [-0.05, 0) is 47.9 Å². The standard InChI is InChI=1S/C29H32N2O4/c1-34-26-15-9-8-14-25(26)27(32)30-22-29(20-23-10-4-2-5-11-23)16-18-31(19-17-29)28(33)35-21-24-12-6-3-7-13-24/h2-15H,16-22H2,1H3,(H,30,32). The second-order valence-corrected chi connectivity index (χ2v) is 9.07. The summed E-state index contributed by atoms with van der Waals surface area (Å²) in [6.07, 6.45) is 2.08. The molecule has 6 nitrogen and oxygen atoms in total. The molecule has 3 aromatic carbocycles. The van der Waals surface area contributed by atoms with E-state index in [1.807, 2.05) is 60.7 Å². The number of methoxy groups -OCH3 is 1. The van der Waals surface area contributed by atoms with E-state index in [0.29, 0.717) is 30.9 Å². The van der Waals surface area contributed by atoms with Crippen LogP contribution in [-0.4, -0.2) is 43.6 Å². The van der Waals surface area contributed by atoms with Gasteiger partial charge in [0.05, 0.1) is 12.7 Å². The lowest BCUT2D eigenvalue weighted by atomic mass is 9.73. The molecule has 1 N–H and O–H groups in total. The highest BCUT2D eigenvalue weighted by molar-refractivity contribution is 5.96. The molecule has 1 aliphatic heterocycles. The maximum Gasteiger partial charge on any atom is 0.410 e. The summed E-state index contributed by atoms with van der Waals surface area (Å²) in [7, 11) is 1.57. The molecule has 1 heterocycles. The molecule has 0 spiro atoms. The summed E-state index contributed by atoms with van der Waals surface area (Å²) in [5, 5.41) is 3.14. The number of ether oxygens (including phenoxy) is 2. The number of para-hydroxylation sites is 1. The van der Waals surface area contributed by atoms with Gasteiger partial charge >= 0.3 is 6.09 Å². The molecular formula is C29H32N2O4. The smallest absolute Gasteiger partial charge is 0.410 e. The summed E-state index contributed by atoms with van der Waals surface area (Å²) in [5.41, 5.74) is 2.55. The van der Waals surface area contributed by atoms with Gasteiger partial charge in [0.1, 0.15) is 12.4 Å². The van der Waals surface area contributed by atoms with Crippen LogP contribution in [0.5, 0.6) is 5.75 Å². The van der Waals surface area contributed by atoms with Crippen molar-refractivity contribution in [3.05, 3.63) is 102 Å². The first-order valence-electron chi connectivity index (χ1n) is 12.0. The monoisotopic (exact) mass is 472 g/mol. The summed E-state index contributed by atoms with van der Waals surface area (Å²) in [4.78, 5) is 27.4. The molecule has 0 atom stereocenters. The SMILES string of the molecule is COc1ccccc1C(=O)NCC1(Cc2ccccc2)CCN(C(=O)OCc2ccccc2)CC1. The third kappa shape index (κ3) is 6.41. The molecule has 0 unspecified atom stereocenters. The van der Waals surface area contributed by atoms with Crippen LogP contribution in [0.25, 0.3) is 0 Å². The average molecular weight is 473 g/mol. The number of nitrogens with zero attached hydrogens (tertiary/aromatic N) is 1. The fourth-order valence-electron chi connectivity index (χ4n) is 4.61. The van der Waals surface area contributed by atoms with Gasteiger partial charge in [0.2, 0.25) is 0 Å². The van der Waals surface area contributed by atoms with Crippen molar-refractivity contribution in [2.75, 3.05) is 26.7 Å². The molecule has 1 aliphatic rings. The predicted octanol–water partition coefficient (Wildman–Crippen LogP) is 5.09. The van der Waals surface area contributed by atoms with Crippen LogP contribution in [0, 0.1) is 5.41 Å². The van der Waals surface area contributed by atoms with E-state index < -0.39 is 0 Å². The zero-order chi connectivity index (χ0) is 24.5. The number of likely N-dealkylation sites (tertiary alicyclic amines) is 1. The van der Waals surface area contributed by atoms with Crippen LogP contribution < -0.4 is 10.1 Å². The highest BCUT2D eigenvalue weighted by Crippen LogP contribution is 2.35. The Hall–Kier alpha value is -3.80.